The smallest absolute Gasteiger partial charge is 0.244 e. The van der Waals surface area contributed by atoms with Gasteiger partial charge in [0, 0.05) is 0 Å². The van der Waals surface area contributed by atoms with E-state index in [1.165, 1.54) is 6.20 Å². The first-order chi connectivity index (χ1) is 5.75. The van der Waals surface area contributed by atoms with Crippen molar-refractivity contribution in [3.63, 3.8) is 0 Å². The molecule has 0 saturated heterocycles. The van der Waals surface area contributed by atoms with Gasteiger partial charge in [-0.2, -0.15) is 5.10 Å². The molecule has 0 unspecified atom stereocenters. The minimum atomic E-state index is -0.0617. The third kappa shape index (κ3) is 1.69. The molecule has 0 aliphatic carbocycles. The van der Waals surface area contributed by atoms with Crippen molar-refractivity contribution in [1.29, 1.82) is 5.41 Å². The van der Waals surface area contributed by atoms with E-state index in [1.807, 2.05) is 6.92 Å². The van der Waals surface area contributed by atoms with Crippen LogP contribution in [0.5, 0.6) is 5.88 Å². The minimum absolute atomic E-state index is 0.0617. The topological polar surface area (TPSA) is 84.9 Å². The van der Waals surface area contributed by atoms with E-state index in [0.717, 1.165) is 0 Å². The first kappa shape index (κ1) is 8.45. The second kappa shape index (κ2) is 3.66. The van der Waals surface area contributed by atoms with Crippen molar-refractivity contribution in [3.05, 3.63) is 17.8 Å². The van der Waals surface area contributed by atoms with Crippen LogP contribution in [0.15, 0.2) is 12.3 Å². The fourth-order valence-corrected chi connectivity index (χ4v) is 0.767. The Morgan fingerprint density at radius 3 is 3.08 bits per heavy atom. The summed E-state index contributed by atoms with van der Waals surface area (Å²) in [6, 6.07) is 1.60. The van der Waals surface area contributed by atoms with Gasteiger partial charge in [-0.15, -0.1) is 5.10 Å². The van der Waals surface area contributed by atoms with E-state index in [1.54, 1.807) is 6.07 Å². The zero-order valence-electron chi connectivity index (χ0n) is 6.74. The van der Waals surface area contributed by atoms with Gasteiger partial charge in [0.1, 0.15) is 5.84 Å². The molecule has 0 atom stereocenters. The second-order valence-electron chi connectivity index (χ2n) is 2.10. The molecule has 64 valence electrons. The van der Waals surface area contributed by atoms with Gasteiger partial charge in [-0.25, -0.2) is 0 Å². The zero-order valence-corrected chi connectivity index (χ0v) is 6.74. The molecule has 0 aliphatic rings. The minimum Gasteiger partial charge on any atom is -0.476 e. The van der Waals surface area contributed by atoms with Gasteiger partial charge in [0.15, 0.2) is 0 Å². The number of hydrogen-bond acceptors (Lipinski definition) is 4. The summed E-state index contributed by atoms with van der Waals surface area (Å²) in [4.78, 5) is 0. The van der Waals surface area contributed by atoms with Gasteiger partial charge in [-0.05, 0) is 13.0 Å². The number of nitrogens with one attached hydrogen (secondary N) is 1. The lowest BCUT2D eigenvalue weighted by Crippen LogP contribution is -2.14. The van der Waals surface area contributed by atoms with Crippen LogP contribution in [0.4, 0.5) is 0 Å². The molecule has 0 aliphatic heterocycles. The van der Waals surface area contributed by atoms with Crippen LogP contribution < -0.4 is 10.5 Å². The average molecular weight is 166 g/mol. The molecular formula is C7H10N4O. The molecule has 0 bridgehead atoms. The van der Waals surface area contributed by atoms with Crippen LogP contribution >= 0.6 is 0 Å². The Morgan fingerprint density at radius 2 is 2.50 bits per heavy atom. The number of nitrogens with two attached hydrogens (primary N) is 1. The number of ether oxygens (including phenoxy) is 1. The first-order valence-electron chi connectivity index (χ1n) is 3.54. The number of nitrogen functional groups attached to an aromatic ring is 1. The first-order valence-corrected chi connectivity index (χ1v) is 3.54. The normalized spacial score (nSPS) is 9.42. The van der Waals surface area contributed by atoms with Gasteiger partial charge in [-0.1, -0.05) is 0 Å². The second-order valence-corrected chi connectivity index (χ2v) is 2.10. The fraction of sp³-hybridized carbons (Fsp3) is 0.286. The van der Waals surface area contributed by atoms with E-state index >= 15 is 0 Å². The lowest BCUT2D eigenvalue weighted by atomic mass is 10.3. The van der Waals surface area contributed by atoms with Crippen molar-refractivity contribution in [2.24, 2.45) is 5.73 Å². The largest absolute Gasteiger partial charge is 0.476 e. The van der Waals surface area contributed by atoms with Crippen LogP contribution in [0, 0.1) is 5.41 Å². The highest BCUT2D eigenvalue weighted by molar-refractivity contribution is 5.96. The molecular weight excluding hydrogens is 156 g/mol. The average Bonchev–Trinajstić information content (AvgIpc) is 2.05. The summed E-state index contributed by atoms with van der Waals surface area (Å²) in [5, 5.41) is 14.5. The molecule has 0 radical (unpaired) electrons. The van der Waals surface area contributed by atoms with Crippen LogP contribution in [0.3, 0.4) is 0 Å². The lowest BCUT2D eigenvalue weighted by Gasteiger charge is -2.04. The summed E-state index contributed by atoms with van der Waals surface area (Å²) in [5.41, 5.74) is 5.76. The molecule has 0 amide bonds. The highest BCUT2D eigenvalue weighted by atomic mass is 16.5. The van der Waals surface area contributed by atoms with Crippen molar-refractivity contribution in [2.75, 3.05) is 6.61 Å². The third-order valence-corrected chi connectivity index (χ3v) is 1.26. The van der Waals surface area contributed by atoms with Gasteiger partial charge in [0.05, 0.1) is 18.4 Å². The van der Waals surface area contributed by atoms with E-state index in [0.29, 0.717) is 18.1 Å². The Morgan fingerprint density at radius 1 is 1.75 bits per heavy atom. The highest BCUT2D eigenvalue weighted by Crippen LogP contribution is 2.11. The standard InChI is InChI=1S/C7H10N4O/c1-2-12-7-5(6(8)9)3-4-10-11-7/h3-4H,2H2,1H3,(H3,8,9). The zero-order chi connectivity index (χ0) is 8.97. The van der Waals surface area contributed by atoms with Crippen molar-refractivity contribution >= 4 is 5.84 Å². The summed E-state index contributed by atoms with van der Waals surface area (Å²) in [6.07, 6.45) is 1.47. The van der Waals surface area contributed by atoms with E-state index in [2.05, 4.69) is 10.2 Å². The molecule has 3 N–H and O–H groups in total. The molecule has 5 heteroatoms. The molecule has 0 aromatic carbocycles. The van der Waals surface area contributed by atoms with Crippen LogP contribution in [0.2, 0.25) is 0 Å². The summed E-state index contributed by atoms with van der Waals surface area (Å²) in [7, 11) is 0. The maximum atomic E-state index is 7.18. The summed E-state index contributed by atoms with van der Waals surface area (Å²) >= 11 is 0. The number of hydrogen-bond donors (Lipinski definition) is 2. The molecule has 1 rings (SSSR count). The molecule has 5 nitrogen and oxygen atoms in total. The Labute approximate surface area is 70.1 Å². The van der Waals surface area contributed by atoms with Crippen LogP contribution in [-0.2, 0) is 0 Å². The molecule has 12 heavy (non-hydrogen) atoms. The maximum absolute atomic E-state index is 7.18. The molecule has 1 aromatic rings. The SMILES string of the molecule is CCOc1nnccc1C(=N)N. The van der Waals surface area contributed by atoms with Crippen LogP contribution in [-0.4, -0.2) is 22.6 Å². The molecule has 0 saturated carbocycles. The van der Waals surface area contributed by atoms with E-state index < -0.39 is 0 Å². The van der Waals surface area contributed by atoms with Crippen LogP contribution in [0.25, 0.3) is 0 Å². The summed E-state index contributed by atoms with van der Waals surface area (Å²) in [6.45, 7) is 2.32. The molecule has 1 heterocycles. The number of rotatable bonds is 3. The molecule has 0 spiro atoms. The van der Waals surface area contributed by atoms with Crippen molar-refractivity contribution < 1.29 is 4.74 Å². The highest BCUT2D eigenvalue weighted by Gasteiger charge is 2.06. The van der Waals surface area contributed by atoms with E-state index in [4.69, 9.17) is 15.9 Å². The Hall–Kier alpha value is -1.65. The van der Waals surface area contributed by atoms with Gasteiger partial charge in [0.2, 0.25) is 5.88 Å². The van der Waals surface area contributed by atoms with Crippen LogP contribution in [0.1, 0.15) is 12.5 Å². The monoisotopic (exact) mass is 166 g/mol. The van der Waals surface area contributed by atoms with Gasteiger partial charge < -0.3 is 10.5 Å². The number of nitrogens with zero attached hydrogens (tertiary/aromatic N) is 2. The fourth-order valence-electron chi connectivity index (χ4n) is 0.767. The Kier molecular flexibility index (Phi) is 2.57. The summed E-state index contributed by atoms with van der Waals surface area (Å²) in [5.74, 6) is 0.251. The van der Waals surface area contributed by atoms with E-state index in [9.17, 15) is 0 Å². The van der Waals surface area contributed by atoms with Gasteiger partial charge >= 0.3 is 0 Å². The quantitative estimate of drug-likeness (QED) is 0.494. The van der Waals surface area contributed by atoms with Crippen molar-refractivity contribution in [1.82, 2.24) is 10.2 Å². The Balaban J connectivity index is 3.00. The van der Waals surface area contributed by atoms with Crippen molar-refractivity contribution in [2.45, 2.75) is 6.92 Å². The summed E-state index contributed by atoms with van der Waals surface area (Å²) < 4.78 is 5.10. The predicted octanol–water partition coefficient (Wildman–Crippen LogP) is 0.159. The molecule has 1 aromatic heterocycles. The number of aromatic nitrogens is 2. The van der Waals surface area contributed by atoms with Gasteiger partial charge in [0.25, 0.3) is 0 Å². The Bertz CT molecular complexity index is 286. The number of amidine groups is 1. The van der Waals surface area contributed by atoms with E-state index in [-0.39, 0.29) is 5.84 Å². The lowest BCUT2D eigenvalue weighted by molar-refractivity contribution is 0.322. The molecule has 0 fully saturated rings. The predicted molar refractivity (Wildman–Crippen MR) is 44.2 cm³/mol. The third-order valence-electron chi connectivity index (χ3n) is 1.26. The van der Waals surface area contributed by atoms with Gasteiger partial charge in [-0.3, -0.25) is 5.41 Å². The maximum Gasteiger partial charge on any atom is 0.244 e. The van der Waals surface area contributed by atoms with Crippen molar-refractivity contribution in [3.8, 4) is 5.88 Å².